The predicted octanol–water partition coefficient (Wildman–Crippen LogP) is 3.55. The van der Waals surface area contributed by atoms with E-state index in [0.717, 1.165) is 19.3 Å². The maximum absolute atomic E-state index is 14.2. The van der Waals surface area contributed by atoms with Crippen LogP contribution >= 0.6 is 27.7 Å². The monoisotopic (exact) mass is 570 g/mol. The first kappa shape index (κ1) is 28.3. The zero-order valence-electron chi connectivity index (χ0n) is 21.1. The Morgan fingerprint density at radius 2 is 2.00 bits per heavy atom. The molecule has 0 saturated carbocycles. The smallest absolute Gasteiger partial charge is 0.310 e. The summed E-state index contributed by atoms with van der Waals surface area (Å²) >= 11 is 5.37. The molecule has 3 saturated heterocycles. The number of thioether (sulfide) groups is 1. The second-order valence-electron chi connectivity index (χ2n) is 10.6. The van der Waals surface area contributed by atoms with Gasteiger partial charge in [-0.1, -0.05) is 28.1 Å². The van der Waals surface area contributed by atoms with E-state index in [2.05, 4.69) is 29.1 Å². The number of ether oxygens (including phenoxy) is 1. The van der Waals surface area contributed by atoms with Gasteiger partial charge in [-0.3, -0.25) is 14.4 Å². The van der Waals surface area contributed by atoms with Crippen LogP contribution in [0, 0.1) is 11.8 Å². The van der Waals surface area contributed by atoms with Gasteiger partial charge in [-0.15, -0.1) is 24.9 Å². The lowest BCUT2D eigenvalue weighted by Crippen LogP contribution is -2.59. The zero-order chi connectivity index (χ0) is 26.0. The van der Waals surface area contributed by atoms with Crippen molar-refractivity contribution >= 4 is 45.5 Å². The van der Waals surface area contributed by atoms with E-state index in [1.54, 1.807) is 27.6 Å². The highest BCUT2D eigenvalue weighted by atomic mass is 79.9. The Labute approximate surface area is 221 Å². The average molecular weight is 572 g/mol. The maximum Gasteiger partial charge on any atom is 0.310 e. The van der Waals surface area contributed by atoms with Gasteiger partial charge in [0.15, 0.2) is 0 Å². The molecule has 2 amide bonds. The van der Waals surface area contributed by atoms with Gasteiger partial charge in [0.25, 0.3) is 0 Å². The molecular weight excluding hydrogens is 532 g/mol. The number of rotatable bonds is 12. The van der Waals surface area contributed by atoms with Gasteiger partial charge < -0.3 is 19.6 Å². The molecule has 0 aromatic rings. The standard InChI is InChI=1S/C26H39BrN2O5S/c1-6-8-9-10-15-34-24(33)18-19-22(31)28(13-11-14-30)21(26(19)16-17(27)20(18)35-26)23(32)29(12-7-2)25(3,4)5/h6-7,17-21,30H,1-2,8-16H2,3-5H3/t17?,18-,19-,20-,21?,26?/m0/s1. The van der Waals surface area contributed by atoms with Gasteiger partial charge in [-0.05, 0) is 52.9 Å². The Kier molecular flexibility index (Phi) is 9.19. The summed E-state index contributed by atoms with van der Waals surface area (Å²) in [6.07, 6.45) is 7.05. The van der Waals surface area contributed by atoms with Gasteiger partial charge in [0.2, 0.25) is 11.8 Å². The normalized spacial score (nSPS) is 31.4. The number of carbonyl (C=O) groups is 3. The first-order valence-corrected chi connectivity index (χ1v) is 14.3. The molecule has 3 aliphatic heterocycles. The van der Waals surface area contributed by atoms with Crippen LogP contribution in [0.3, 0.4) is 0 Å². The Bertz CT molecular complexity index is 846. The van der Waals surface area contributed by atoms with Crippen LogP contribution in [-0.4, -0.2) is 85.4 Å². The average Bonchev–Trinajstić information content (AvgIpc) is 3.38. The lowest BCUT2D eigenvalue weighted by molar-refractivity contribution is -0.154. The van der Waals surface area contributed by atoms with Crippen LogP contribution in [0.5, 0.6) is 0 Å². The van der Waals surface area contributed by atoms with Crippen LogP contribution in [0.15, 0.2) is 25.3 Å². The summed E-state index contributed by atoms with van der Waals surface area (Å²) in [5, 5.41) is 9.37. The molecule has 3 rings (SSSR count). The van der Waals surface area contributed by atoms with E-state index in [-0.39, 0.29) is 41.0 Å². The van der Waals surface area contributed by atoms with Gasteiger partial charge in [0.05, 0.1) is 23.2 Å². The number of amides is 2. The van der Waals surface area contributed by atoms with Gasteiger partial charge in [0.1, 0.15) is 6.04 Å². The third-order valence-electron chi connectivity index (χ3n) is 7.29. The fourth-order valence-electron chi connectivity index (χ4n) is 5.79. The first-order valence-electron chi connectivity index (χ1n) is 12.5. The van der Waals surface area contributed by atoms with Crippen LogP contribution < -0.4 is 0 Å². The van der Waals surface area contributed by atoms with Crippen molar-refractivity contribution in [2.45, 2.75) is 79.3 Å². The topological polar surface area (TPSA) is 87.1 Å². The number of allylic oxidation sites excluding steroid dienone is 1. The number of unbranched alkanes of at least 4 members (excludes halogenated alkanes) is 2. The van der Waals surface area contributed by atoms with Crippen LogP contribution in [-0.2, 0) is 19.1 Å². The summed E-state index contributed by atoms with van der Waals surface area (Å²) < 4.78 is 4.94. The summed E-state index contributed by atoms with van der Waals surface area (Å²) in [4.78, 5) is 44.7. The molecule has 1 spiro atoms. The Hall–Kier alpha value is -1.32. The van der Waals surface area contributed by atoms with Gasteiger partial charge >= 0.3 is 5.97 Å². The minimum Gasteiger partial charge on any atom is -0.465 e. The van der Waals surface area contributed by atoms with E-state index in [0.29, 0.717) is 26.0 Å². The van der Waals surface area contributed by atoms with Crippen molar-refractivity contribution in [3.05, 3.63) is 25.3 Å². The van der Waals surface area contributed by atoms with Crippen LogP contribution in [0.4, 0.5) is 0 Å². The number of aliphatic hydroxyl groups excluding tert-OH is 1. The highest BCUT2D eigenvalue weighted by Crippen LogP contribution is 2.68. The number of nitrogens with zero attached hydrogens (tertiary/aromatic N) is 2. The highest BCUT2D eigenvalue weighted by Gasteiger charge is 2.76. The molecule has 35 heavy (non-hydrogen) atoms. The fraction of sp³-hybridized carbons (Fsp3) is 0.731. The van der Waals surface area contributed by atoms with Crippen molar-refractivity contribution in [2.75, 3.05) is 26.3 Å². The second kappa shape index (κ2) is 11.4. The van der Waals surface area contributed by atoms with Crippen LogP contribution in [0.1, 0.15) is 52.9 Å². The number of fused-ring (bicyclic) bond motifs is 1. The van der Waals surface area contributed by atoms with Crippen molar-refractivity contribution in [1.82, 2.24) is 9.80 Å². The third-order valence-corrected chi connectivity index (χ3v) is 10.5. The molecule has 3 fully saturated rings. The van der Waals surface area contributed by atoms with Gasteiger partial charge in [0, 0.05) is 35.3 Å². The molecule has 6 atom stereocenters. The summed E-state index contributed by atoms with van der Waals surface area (Å²) in [6.45, 7) is 14.3. The number of hydrogen-bond donors (Lipinski definition) is 1. The minimum absolute atomic E-state index is 0.00505. The Morgan fingerprint density at radius 1 is 1.29 bits per heavy atom. The lowest BCUT2D eigenvalue weighted by Gasteiger charge is -2.42. The van der Waals surface area contributed by atoms with E-state index in [4.69, 9.17) is 4.74 Å². The molecule has 3 unspecified atom stereocenters. The number of aliphatic hydroxyl groups is 1. The summed E-state index contributed by atoms with van der Waals surface area (Å²) in [5.74, 6) is -1.85. The SMILES string of the molecule is C=CCCCCOC(=O)[C@H]1[C@H]2C(=O)N(CCCO)C(C(=O)N(CC=C)C(C)(C)C)C23CC(Br)[C@@H]1S3. The molecule has 1 N–H and O–H groups in total. The third kappa shape index (κ3) is 5.23. The molecule has 0 aliphatic carbocycles. The maximum atomic E-state index is 14.2. The molecule has 196 valence electrons. The molecule has 0 aromatic carbocycles. The summed E-state index contributed by atoms with van der Waals surface area (Å²) in [6, 6.07) is -0.703. The van der Waals surface area contributed by atoms with Crippen molar-refractivity contribution in [1.29, 1.82) is 0 Å². The zero-order valence-corrected chi connectivity index (χ0v) is 23.5. The van der Waals surface area contributed by atoms with E-state index < -0.39 is 28.2 Å². The van der Waals surface area contributed by atoms with E-state index in [9.17, 15) is 19.5 Å². The second-order valence-corrected chi connectivity index (χ2v) is 13.3. The van der Waals surface area contributed by atoms with Gasteiger partial charge in [-0.25, -0.2) is 0 Å². The van der Waals surface area contributed by atoms with E-state index in [1.165, 1.54) is 0 Å². The fourth-order valence-corrected chi connectivity index (χ4v) is 9.39. The first-order chi connectivity index (χ1) is 16.5. The van der Waals surface area contributed by atoms with E-state index in [1.807, 2.05) is 26.8 Å². The molecule has 7 nitrogen and oxygen atoms in total. The number of halogens is 1. The molecule has 0 aromatic heterocycles. The van der Waals surface area contributed by atoms with Gasteiger partial charge in [-0.2, -0.15) is 0 Å². The number of carbonyl (C=O) groups excluding carboxylic acids is 3. The van der Waals surface area contributed by atoms with Crippen molar-refractivity contribution < 1.29 is 24.2 Å². The van der Waals surface area contributed by atoms with E-state index >= 15 is 0 Å². The highest BCUT2D eigenvalue weighted by molar-refractivity contribution is 9.09. The quantitative estimate of drug-likeness (QED) is 0.167. The Balaban J connectivity index is 1.95. The van der Waals surface area contributed by atoms with Crippen molar-refractivity contribution in [3.63, 3.8) is 0 Å². The van der Waals surface area contributed by atoms with Crippen molar-refractivity contribution in [2.24, 2.45) is 11.8 Å². The van der Waals surface area contributed by atoms with Crippen molar-refractivity contribution in [3.8, 4) is 0 Å². The predicted molar refractivity (Wildman–Crippen MR) is 142 cm³/mol. The Morgan fingerprint density at radius 3 is 2.60 bits per heavy atom. The molecule has 3 heterocycles. The summed E-state index contributed by atoms with van der Waals surface area (Å²) in [5.41, 5.74) is -0.468. The molecular formula is C26H39BrN2O5S. The minimum atomic E-state index is -0.709. The van der Waals surface area contributed by atoms with Crippen LogP contribution in [0.25, 0.3) is 0 Å². The number of alkyl halides is 1. The number of hydrogen-bond acceptors (Lipinski definition) is 6. The lowest BCUT2D eigenvalue weighted by atomic mass is 9.71. The largest absolute Gasteiger partial charge is 0.465 e. The summed E-state index contributed by atoms with van der Waals surface area (Å²) in [7, 11) is 0. The molecule has 9 heteroatoms. The molecule has 0 radical (unpaired) electrons. The number of esters is 1. The molecule has 3 aliphatic rings. The molecule has 2 bridgehead atoms. The number of likely N-dealkylation sites (tertiary alicyclic amines) is 1. The van der Waals surface area contributed by atoms with Crippen LogP contribution in [0.2, 0.25) is 0 Å².